The fourth-order valence-electron chi connectivity index (χ4n) is 2.73. The van der Waals surface area contributed by atoms with Crippen LogP contribution in [0.4, 0.5) is 0 Å². The van der Waals surface area contributed by atoms with Gasteiger partial charge in [0.05, 0.1) is 6.10 Å². The number of rotatable bonds is 9. The van der Waals surface area contributed by atoms with Crippen molar-refractivity contribution in [2.45, 2.75) is 83.8 Å². The van der Waals surface area contributed by atoms with Gasteiger partial charge in [0.15, 0.2) is 0 Å². The van der Waals surface area contributed by atoms with E-state index in [4.69, 9.17) is 4.74 Å². The highest BCUT2D eigenvalue weighted by Crippen LogP contribution is 2.19. The van der Waals surface area contributed by atoms with Gasteiger partial charge in [0.25, 0.3) is 0 Å². The molecular weight excluding hydrogens is 210 g/mol. The average molecular weight is 241 g/mol. The van der Waals surface area contributed by atoms with Crippen molar-refractivity contribution in [3.8, 4) is 0 Å². The van der Waals surface area contributed by atoms with Gasteiger partial charge in [-0.2, -0.15) is 0 Å². The summed E-state index contributed by atoms with van der Waals surface area (Å²) >= 11 is 0. The minimum atomic E-state index is 0.481. The summed E-state index contributed by atoms with van der Waals surface area (Å²) in [7, 11) is 0. The molecule has 0 aromatic heterocycles. The fraction of sp³-hybridized carbons (Fsp3) is 1.00. The van der Waals surface area contributed by atoms with E-state index in [-0.39, 0.29) is 0 Å². The molecule has 1 N–H and O–H groups in total. The Morgan fingerprint density at radius 3 is 2.59 bits per heavy atom. The van der Waals surface area contributed by atoms with Gasteiger partial charge in [0, 0.05) is 12.6 Å². The first-order valence-electron chi connectivity index (χ1n) is 7.73. The molecule has 0 aromatic rings. The molecule has 0 bridgehead atoms. The van der Waals surface area contributed by atoms with Crippen molar-refractivity contribution in [2.24, 2.45) is 0 Å². The summed E-state index contributed by atoms with van der Waals surface area (Å²) in [5.41, 5.74) is 0. The van der Waals surface area contributed by atoms with E-state index in [2.05, 4.69) is 19.2 Å². The monoisotopic (exact) mass is 241 g/mol. The van der Waals surface area contributed by atoms with Gasteiger partial charge >= 0.3 is 0 Å². The Bertz CT molecular complexity index is 166. The number of unbranched alkanes of at least 4 members (excludes halogenated alkanes) is 4. The van der Waals surface area contributed by atoms with Crippen molar-refractivity contribution in [2.75, 3.05) is 13.2 Å². The molecule has 102 valence electrons. The lowest BCUT2D eigenvalue weighted by Crippen LogP contribution is -2.42. The first kappa shape index (κ1) is 15.0. The lowest BCUT2D eigenvalue weighted by atomic mass is 9.97. The molecule has 1 aliphatic rings. The van der Waals surface area contributed by atoms with E-state index in [1.807, 2.05) is 0 Å². The van der Waals surface area contributed by atoms with E-state index < -0.39 is 0 Å². The quantitative estimate of drug-likeness (QED) is 0.618. The smallest absolute Gasteiger partial charge is 0.0728 e. The molecule has 1 aliphatic heterocycles. The Hall–Kier alpha value is -0.0800. The second-order valence-corrected chi connectivity index (χ2v) is 5.27. The third-order valence-corrected chi connectivity index (χ3v) is 3.75. The summed E-state index contributed by atoms with van der Waals surface area (Å²) in [6.07, 6.45) is 12.5. The van der Waals surface area contributed by atoms with Gasteiger partial charge in [-0.15, -0.1) is 0 Å². The number of nitrogens with one attached hydrogen (secondary N) is 1. The zero-order valence-electron chi connectivity index (χ0n) is 11.8. The van der Waals surface area contributed by atoms with Crippen LogP contribution in [-0.2, 0) is 4.74 Å². The first-order valence-corrected chi connectivity index (χ1v) is 7.73. The SMILES string of the molecule is CCCCCCCC(NCC)C1CCCCO1. The van der Waals surface area contributed by atoms with Crippen molar-refractivity contribution < 1.29 is 4.74 Å². The molecule has 2 atom stereocenters. The minimum absolute atomic E-state index is 0.481. The maximum atomic E-state index is 5.91. The summed E-state index contributed by atoms with van der Waals surface area (Å²) in [6, 6.07) is 0.599. The van der Waals surface area contributed by atoms with Gasteiger partial charge in [0.1, 0.15) is 0 Å². The predicted molar refractivity (Wildman–Crippen MR) is 74.4 cm³/mol. The van der Waals surface area contributed by atoms with Crippen LogP contribution >= 0.6 is 0 Å². The average Bonchev–Trinajstić information content (AvgIpc) is 2.38. The van der Waals surface area contributed by atoms with E-state index >= 15 is 0 Å². The molecular formula is C15H31NO. The highest BCUT2D eigenvalue weighted by atomic mass is 16.5. The molecule has 0 saturated carbocycles. The molecule has 2 nitrogen and oxygen atoms in total. The maximum absolute atomic E-state index is 5.91. The largest absolute Gasteiger partial charge is 0.377 e. The van der Waals surface area contributed by atoms with Crippen molar-refractivity contribution >= 4 is 0 Å². The van der Waals surface area contributed by atoms with Crippen molar-refractivity contribution in [3.63, 3.8) is 0 Å². The van der Waals surface area contributed by atoms with E-state index in [0.29, 0.717) is 12.1 Å². The number of likely N-dealkylation sites (N-methyl/N-ethyl adjacent to an activating group) is 1. The maximum Gasteiger partial charge on any atom is 0.0728 e. The standard InChI is InChI=1S/C15H31NO/c1-3-5-6-7-8-11-14(16-4-2)15-12-9-10-13-17-15/h14-16H,3-13H2,1-2H3. The van der Waals surface area contributed by atoms with Gasteiger partial charge in [-0.25, -0.2) is 0 Å². The highest BCUT2D eigenvalue weighted by molar-refractivity contribution is 4.79. The zero-order chi connectivity index (χ0) is 12.3. The number of ether oxygens (including phenoxy) is 1. The Morgan fingerprint density at radius 2 is 1.94 bits per heavy atom. The van der Waals surface area contributed by atoms with Gasteiger partial charge in [0.2, 0.25) is 0 Å². The van der Waals surface area contributed by atoms with E-state index in [9.17, 15) is 0 Å². The molecule has 0 aromatic carbocycles. The van der Waals surface area contributed by atoms with Crippen LogP contribution in [0.1, 0.15) is 71.6 Å². The topological polar surface area (TPSA) is 21.3 Å². The molecule has 0 aliphatic carbocycles. The second kappa shape index (κ2) is 9.90. The van der Waals surface area contributed by atoms with Crippen molar-refractivity contribution in [1.29, 1.82) is 0 Å². The van der Waals surface area contributed by atoms with Crippen molar-refractivity contribution in [1.82, 2.24) is 5.32 Å². The van der Waals surface area contributed by atoms with Crippen LogP contribution in [0.2, 0.25) is 0 Å². The second-order valence-electron chi connectivity index (χ2n) is 5.27. The summed E-state index contributed by atoms with van der Waals surface area (Å²) in [4.78, 5) is 0. The van der Waals surface area contributed by atoms with Crippen LogP contribution < -0.4 is 5.32 Å². The molecule has 2 unspecified atom stereocenters. The Labute approximate surface area is 108 Å². The van der Waals surface area contributed by atoms with Crippen LogP contribution in [0, 0.1) is 0 Å². The normalized spacial score (nSPS) is 22.6. The summed E-state index contributed by atoms with van der Waals surface area (Å²) in [5.74, 6) is 0. The molecule has 0 spiro atoms. The fourth-order valence-corrected chi connectivity index (χ4v) is 2.73. The molecule has 1 saturated heterocycles. The van der Waals surface area contributed by atoms with Crippen LogP contribution in [0.5, 0.6) is 0 Å². The Morgan fingerprint density at radius 1 is 1.12 bits per heavy atom. The van der Waals surface area contributed by atoms with Crippen LogP contribution in [0.3, 0.4) is 0 Å². The summed E-state index contributed by atoms with van der Waals surface area (Å²) in [6.45, 7) is 6.52. The van der Waals surface area contributed by atoms with Crippen LogP contribution in [0.15, 0.2) is 0 Å². The third kappa shape index (κ3) is 6.42. The molecule has 2 heteroatoms. The summed E-state index contributed by atoms with van der Waals surface area (Å²) < 4.78 is 5.91. The Kier molecular flexibility index (Phi) is 8.72. The van der Waals surface area contributed by atoms with Gasteiger partial charge in [-0.1, -0.05) is 46.0 Å². The molecule has 1 fully saturated rings. The van der Waals surface area contributed by atoms with Crippen LogP contribution in [-0.4, -0.2) is 25.3 Å². The van der Waals surface area contributed by atoms with Crippen LogP contribution in [0.25, 0.3) is 0 Å². The molecule has 17 heavy (non-hydrogen) atoms. The predicted octanol–water partition coefficient (Wildman–Crippen LogP) is 3.89. The zero-order valence-corrected chi connectivity index (χ0v) is 11.8. The molecule has 0 radical (unpaired) electrons. The minimum Gasteiger partial charge on any atom is -0.377 e. The summed E-state index contributed by atoms with van der Waals surface area (Å²) in [5, 5.41) is 3.62. The Balaban J connectivity index is 2.17. The molecule has 1 rings (SSSR count). The lowest BCUT2D eigenvalue weighted by Gasteiger charge is -2.31. The number of hydrogen-bond acceptors (Lipinski definition) is 2. The lowest BCUT2D eigenvalue weighted by molar-refractivity contribution is -0.00942. The van der Waals surface area contributed by atoms with Gasteiger partial charge in [-0.05, 0) is 32.2 Å². The van der Waals surface area contributed by atoms with E-state index in [1.54, 1.807) is 0 Å². The highest BCUT2D eigenvalue weighted by Gasteiger charge is 2.23. The first-order chi connectivity index (χ1) is 8.38. The van der Waals surface area contributed by atoms with Crippen molar-refractivity contribution in [3.05, 3.63) is 0 Å². The molecule has 1 heterocycles. The van der Waals surface area contributed by atoms with E-state index in [0.717, 1.165) is 13.2 Å². The number of hydrogen-bond donors (Lipinski definition) is 1. The molecule has 0 amide bonds. The third-order valence-electron chi connectivity index (χ3n) is 3.75. The van der Waals surface area contributed by atoms with Gasteiger partial charge < -0.3 is 10.1 Å². The van der Waals surface area contributed by atoms with E-state index in [1.165, 1.54) is 57.8 Å². The van der Waals surface area contributed by atoms with Gasteiger partial charge in [-0.3, -0.25) is 0 Å².